The van der Waals surface area contributed by atoms with Gasteiger partial charge in [-0.05, 0) is 49.2 Å². The molecule has 0 radical (unpaired) electrons. The number of nitrogens with zero attached hydrogens (tertiary/aromatic N) is 3. The first-order valence-electron chi connectivity index (χ1n) is 11.7. The number of hydrogen-bond donors (Lipinski definition) is 1. The quantitative estimate of drug-likeness (QED) is 0.231. The lowest BCUT2D eigenvalue weighted by atomic mass is 9.93. The number of allylic oxidation sites excluding steroid dienone is 2. The van der Waals surface area contributed by atoms with Crippen molar-refractivity contribution in [1.82, 2.24) is 14.8 Å². The fraction of sp³-hybridized carbons (Fsp3) is 0.179. The summed E-state index contributed by atoms with van der Waals surface area (Å²) < 4.78 is 7.73. The van der Waals surface area contributed by atoms with E-state index >= 15 is 0 Å². The van der Waals surface area contributed by atoms with Crippen LogP contribution in [-0.2, 0) is 17.2 Å². The molecule has 9 heteroatoms. The van der Waals surface area contributed by atoms with E-state index in [1.165, 1.54) is 5.56 Å². The zero-order valence-electron chi connectivity index (χ0n) is 20.2. The van der Waals surface area contributed by atoms with Crippen LogP contribution in [0.2, 0.25) is 10.0 Å². The van der Waals surface area contributed by atoms with Gasteiger partial charge in [0.25, 0.3) is 0 Å². The van der Waals surface area contributed by atoms with E-state index in [1.54, 1.807) is 35.5 Å². The Hall–Kier alpha value is -3.26. The minimum Gasteiger partial charge on any atom is -0.489 e. The Morgan fingerprint density at radius 1 is 1.08 bits per heavy atom. The number of ketones is 1. The topological polar surface area (TPSA) is 69.0 Å². The molecular formula is C28H24Cl2N4O2S. The third kappa shape index (κ3) is 5.69. The molecular weight excluding hydrogens is 527 g/mol. The van der Waals surface area contributed by atoms with E-state index in [0.717, 1.165) is 22.6 Å². The summed E-state index contributed by atoms with van der Waals surface area (Å²) in [5.41, 5.74) is 4.37. The van der Waals surface area contributed by atoms with Gasteiger partial charge in [0, 0.05) is 32.6 Å². The molecule has 0 amide bonds. The standard InChI is InChI=1S/C28H24Cl2N4O2S/c1-17-25(18(2)35)26(34-27(31-17)32-28(33-34)37-16-19-6-4-3-5-7-19)20-9-12-23(13-10-20)36-15-21-8-11-22(29)14-24(21)30/h3-14,26H,15-16H2,1-2H3,(H,31,32,33). The lowest BCUT2D eigenvalue weighted by Gasteiger charge is -2.28. The van der Waals surface area contributed by atoms with Crippen LogP contribution in [0.15, 0.2) is 89.2 Å². The molecule has 0 aliphatic carbocycles. The summed E-state index contributed by atoms with van der Waals surface area (Å²) in [6.07, 6.45) is 0. The molecule has 0 fully saturated rings. The third-order valence-electron chi connectivity index (χ3n) is 6.03. The highest BCUT2D eigenvalue weighted by atomic mass is 35.5. The molecule has 0 saturated heterocycles. The maximum Gasteiger partial charge on any atom is 0.227 e. The first-order valence-corrected chi connectivity index (χ1v) is 13.4. The van der Waals surface area contributed by atoms with Crippen LogP contribution in [0.1, 0.15) is 36.6 Å². The number of rotatable bonds is 8. The van der Waals surface area contributed by atoms with Crippen LogP contribution in [0.4, 0.5) is 5.95 Å². The molecule has 1 aromatic heterocycles. The van der Waals surface area contributed by atoms with Gasteiger partial charge in [0.05, 0.1) is 0 Å². The third-order valence-corrected chi connectivity index (χ3v) is 7.52. The Balaban J connectivity index is 1.38. The molecule has 1 unspecified atom stereocenters. The van der Waals surface area contributed by atoms with Gasteiger partial charge in [-0.3, -0.25) is 4.79 Å². The molecule has 2 heterocycles. The van der Waals surface area contributed by atoms with Crippen molar-refractivity contribution in [3.63, 3.8) is 0 Å². The van der Waals surface area contributed by atoms with Gasteiger partial charge in [-0.15, -0.1) is 5.10 Å². The number of ether oxygens (including phenoxy) is 1. The minimum absolute atomic E-state index is 0.0210. The van der Waals surface area contributed by atoms with E-state index in [0.29, 0.717) is 39.1 Å². The zero-order chi connectivity index (χ0) is 25.9. The summed E-state index contributed by atoms with van der Waals surface area (Å²) in [4.78, 5) is 17.4. The normalized spacial score (nSPS) is 14.8. The Labute approximate surface area is 229 Å². The Kier molecular flexibility index (Phi) is 7.55. The van der Waals surface area contributed by atoms with Crippen molar-refractivity contribution in [2.75, 3.05) is 5.32 Å². The van der Waals surface area contributed by atoms with Crippen molar-refractivity contribution in [3.05, 3.63) is 111 Å². The fourth-order valence-electron chi connectivity index (χ4n) is 4.23. The highest BCUT2D eigenvalue weighted by Crippen LogP contribution is 2.37. The van der Waals surface area contributed by atoms with Crippen LogP contribution in [-0.4, -0.2) is 20.5 Å². The molecule has 1 atom stereocenters. The monoisotopic (exact) mass is 550 g/mol. The van der Waals surface area contributed by atoms with Gasteiger partial charge in [0.15, 0.2) is 5.78 Å². The van der Waals surface area contributed by atoms with E-state index in [2.05, 4.69) is 17.4 Å². The van der Waals surface area contributed by atoms with Crippen LogP contribution < -0.4 is 10.1 Å². The van der Waals surface area contributed by atoms with Crippen molar-refractivity contribution in [1.29, 1.82) is 0 Å². The summed E-state index contributed by atoms with van der Waals surface area (Å²) in [6.45, 7) is 3.79. The largest absolute Gasteiger partial charge is 0.489 e. The maximum absolute atomic E-state index is 12.7. The first kappa shape index (κ1) is 25.4. The fourth-order valence-corrected chi connectivity index (χ4v) is 5.47. The minimum atomic E-state index is -0.396. The average molecular weight is 551 g/mol. The molecule has 0 saturated carbocycles. The Morgan fingerprint density at radius 3 is 2.54 bits per heavy atom. The second kappa shape index (κ2) is 11.0. The Bertz CT molecular complexity index is 1470. The predicted molar refractivity (Wildman–Crippen MR) is 148 cm³/mol. The molecule has 37 heavy (non-hydrogen) atoms. The molecule has 0 spiro atoms. The van der Waals surface area contributed by atoms with Gasteiger partial charge in [0.1, 0.15) is 18.4 Å². The average Bonchev–Trinajstić information content (AvgIpc) is 3.29. The van der Waals surface area contributed by atoms with Crippen molar-refractivity contribution in [2.24, 2.45) is 0 Å². The highest BCUT2D eigenvalue weighted by Gasteiger charge is 2.32. The van der Waals surface area contributed by atoms with Gasteiger partial charge in [0.2, 0.25) is 11.1 Å². The summed E-state index contributed by atoms with van der Waals surface area (Å²) in [5.74, 6) is 2.03. The predicted octanol–water partition coefficient (Wildman–Crippen LogP) is 7.33. The molecule has 1 aliphatic rings. The number of Topliss-reactive ketones (excluding diaryl/α,β-unsaturated/α-hetero) is 1. The number of anilines is 1. The van der Waals surface area contributed by atoms with Gasteiger partial charge < -0.3 is 10.1 Å². The van der Waals surface area contributed by atoms with Crippen molar-refractivity contribution in [3.8, 4) is 5.75 Å². The van der Waals surface area contributed by atoms with E-state index in [4.69, 9.17) is 38.0 Å². The van der Waals surface area contributed by atoms with Crippen molar-refractivity contribution >= 4 is 46.7 Å². The summed E-state index contributed by atoms with van der Waals surface area (Å²) >= 11 is 13.8. The van der Waals surface area contributed by atoms with E-state index in [-0.39, 0.29) is 5.78 Å². The summed E-state index contributed by atoms with van der Waals surface area (Å²) in [6, 6.07) is 22.8. The lowest BCUT2D eigenvalue weighted by Crippen LogP contribution is -2.27. The number of benzene rings is 3. The number of carbonyl (C=O) groups is 1. The van der Waals surface area contributed by atoms with Crippen LogP contribution in [0, 0.1) is 0 Å². The highest BCUT2D eigenvalue weighted by molar-refractivity contribution is 7.98. The molecule has 6 nitrogen and oxygen atoms in total. The number of carbonyl (C=O) groups excluding carboxylic acids is 1. The molecule has 0 bridgehead atoms. The number of nitrogens with one attached hydrogen (secondary N) is 1. The van der Waals surface area contributed by atoms with Crippen LogP contribution >= 0.6 is 35.0 Å². The smallest absolute Gasteiger partial charge is 0.227 e. The number of thioether (sulfide) groups is 1. The van der Waals surface area contributed by atoms with Gasteiger partial charge in [-0.25, -0.2) is 4.68 Å². The summed E-state index contributed by atoms with van der Waals surface area (Å²) in [7, 11) is 0. The van der Waals surface area contributed by atoms with Gasteiger partial charge in [-0.2, -0.15) is 4.98 Å². The SMILES string of the molecule is CC(=O)C1=C(C)Nc2nc(SCc3ccccc3)nn2C1c1ccc(OCc2ccc(Cl)cc2Cl)cc1. The van der Waals surface area contributed by atoms with E-state index in [1.807, 2.05) is 55.5 Å². The molecule has 5 rings (SSSR count). The van der Waals surface area contributed by atoms with E-state index < -0.39 is 6.04 Å². The van der Waals surface area contributed by atoms with Crippen molar-refractivity contribution < 1.29 is 9.53 Å². The number of halogens is 2. The maximum atomic E-state index is 12.7. The molecule has 4 aromatic rings. The number of hydrogen-bond acceptors (Lipinski definition) is 6. The van der Waals surface area contributed by atoms with Gasteiger partial charge >= 0.3 is 0 Å². The summed E-state index contributed by atoms with van der Waals surface area (Å²) in [5, 5.41) is 9.82. The second-order valence-corrected chi connectivity index (χ2v) is 10.4. The molecule has 1 N–H and O–H groups in total. The number of fused-ring (bicyclic) bond motifs is 1. The Morgan fingerprint density at radius 2 is 1.84 bits per heavy atom. The lowest BCUT2D eigenvalue weighted by molar-refractivity contribution is -0.114. The van der Waals surface area contributed by atoms with Crippen LogP contribution in [0.3, 0.4) is 0 Å². The van der Waals surface area contributed by atoms with Gasteiger partial charge in [-0.1, -0.05) is 83.5 Å². The number of aromatic nitrogens is 3. The van der Waals surface area contributed by atoms with Crippen LogP contribution in [0.25, 0.3) is 0 Å². The molecule has 1 aliphatic heterocycles. The van der Waals surface area contributed by atoms with Crippen molar-refractivity contribution in [2.45, 2.75) is 37.4 Å². The van der Waals surface area contributed by atoms with Crippen LogP contribution in [0.5, 0.6) is 5.75 Å². The van der Waals surface area contributed by atoms with E-state index in [9.17, 15) is 4.79 Å². The molecule has 188 valence electrons. The second-order valence-electron chi connectivity index (χ2n) is 8.65. The first-order chi connectivity index (χ1) is 17.9. The molecule has 3 aromatic carbocycles. The zero-order valence-corrected chi connectivity index (χ0v) is 22.6.